The van der Waals surface area contributed by atoms with Crippen LogP contribution in [0.4, 0.5) is 13.2 Å². The maximum Gasteiger partial charge on any atom is 0.161 e. The zero-order valence-electron chi connectivity index (χ0n) is 12.8. The van der Waals surface area contributed by atoms with Crippen molar-refractivity contribution in [1.29, 1.82) is 0 Å². The second kappa shape index (κ2) is 6.98. The minimum absolute atomic E-state index is 0.0639. The molecule has 1 aromatic carbocycles. The first-order chi connectivity index (χ1) is 10.4. The molecule has 0 spiro atoms. The highest BCUT2D eigenvalue weighted by Crippen LogP contribution is 2.25. The molecule has 3 nitrogen and oxygen atoms in total. The molecule has 0 saturated carbocycles. The maximum atomic E-state index is 13.8. The Kier molecular flexibility index (Phi) is 5.47. The van der Waals surface area contributed by atoms with Crippen molar-refractivity contribution in [2.24, 2.45) is 11.5 Å². The van der Waals surface area contributed by atoms with E-state index in [9.17, 15) is 13.2 Å². The van der Waals surface area contributed by atoms with Crippen LogP contribution < -0.4 is 16.8 Å². The first-order valence-corrected chi connectivity index (χ1v) is 7.77. The Bertz CT molecular complexity index is 518. The van der Waals surface area contributed by atoms with Crippen molar-refractivity contribution in [1.82, 2.24) is 5.32 Å². The smallest absolute Gasteiger partial charge is 0.161 e. The van der Waals surface area contributed by atoms with Crippen LogP contribution >= 0.6 is 0 Å². The summed E-state index contributed by atoms with van der Waals surface area (Å²) in [5.74, 6) is -3.05. The summed E-state index contributed by atoms with van der Waals surface area (Å²) >= 11 is 0. The summed E-state index contributed by atoms with van der Waals surface area (Å²) in [5, 5.41) is 3.37. The van der Waals surface area contributed by atoms with E-state index >= 15 is 0 Å². The third-order valence-corrected chi connectivity index (χ3v) is 4.71. The molecule has 3 atom stereocenters. The van der Waals surface area contributed by atoms with Gasteiger partial charge in [0.1, 0.15) is 5.82 Å². The lowest BCUT2D eigenvalue weighted by molar-refractivity contribution is 0.275. The van der Waals surface area contributed by atoms with Gasteiger partial charge in [-0.05, 0) is 50.3 Å². The van der Waals surface area contributed by atoms with E-state index in [1.165, 1.54) is 0 Å². The standard InChI is InChI=1S/C16H24F3N3/c1-2-16(21,9-11-4-3-5-22-11)15(20)7-10-6-13(18)14(19)8-12(10)17/h6,8,11,15,22H,2-5,7,9,20-21H2,1H3. The second-order valence-electron chi connectivity index (χ2n) is 6.25. The van der Waals surface area contributed by atoms with Crippen LogP contribution in [0.3, 0.4) is 0 Å². The molecule has 0 aliphatic carbocycles. The lowest BCUT2D eigenvalue weighted by Gasteiger charge is -2.37. The summed E-state index contributed by atoms with van der Waals surface area (Å²) in [6, 6.07) is 1.21. The first-order valence-electron chi connectivity index (χ1n) is 7.77. The normalized spacial score (nSPS) is 22.5. The summed E-state index contributed by atoms with van der Waals surface area (Å²) in [6.07, 6.45) is 3.57. The van der Waals surface area contributed by atoms with Gasteiger partial charge in [-0.1, -0.05) is 6.92 Å². The van der Waals surface area contributed by atoms with Crippen LogP contribution in [-0.2, 0) is 6.42 Å². The predicted octanol–water partition coefficient (Wildman–Crippen LogP) is 2.22. The SMILES string of the molecule is CCC(N)(CC1CCCN1)C(N)Cc1cc(F)c(F)cc1F. The molecule has 0 aromatic heterocycles. The van der Waals surface area contributed by atoms with Gasteiger partial charge in [-0.15, -0.1) is 0 Å². The molecule has 1 aliphatic rings. The quantitative estimate of drug-likeness (QED) is 0.705. The van der Waals surface area contributed by atoms with Gasteiger partial charge in [-0.25, -0.2) is 13.2 Å². The van der Waals surface area contributed by atoms with Crippen molar-refractivity contribution in [3.63, 3.8) is 0 Å². The van der Waals surface area contributed by atoms with Crippen molar-refractivity contribution in [2.45, 2.75) is 56.7 Å². The van der Waals surface area contributed by atoms with E-state index in [0.717, 1.165) is 25.5 Å². The molecule has 2 rings (SSSR count). The number of benzene rings is 1. The van der Waals surface area contributed by atoms with Crippen LogP contribution in [-0.4, -0.2) is 24.2 Å². The molecule has 22 heavy (non-hydrogen) atoms. The number of nitrogens with two attached hydrogens (primary N) is 2. The molecule has 124 valence electrons. The van der Waals surface area contributed by atoms with Crippen LogP contribution in [0.2, 0.25) is 0 Å². The van der Waals surface area contributed by atoms with E-state index in [-0.39, 0.29) is 12.0 Å². The molecule has 6 heteroatoms. The van der Waals surface area contributed by atoms with Crippen molar-refractivity contribution >= 4 is 0 Å². The number of rotatable bonds is 6. The fraction of sp³-hybridized carbons (Fsp3) is 0.625. The molecule has 0 radical (unpaired) electrons. The molecule has 5 N–H and O–H groups in total. The fourth-order valence-corrected chi connectivity index (χ4v) is 3.11. The second-order valence-corrected chi connectivity index (χ2v) is 6.25. The van der Waals surface area contributed by atoms with E-state index in [2.05, 4.69) is 5.32 Å². The van der Waals surface area contributed by atoms with Gasteiger partial charge in [-0.2, -0.15) is 0 Å². The summed E-state index contributed by atoms with van der Waals surface area (Å²) < 4.78 is 40.1. The molecule has 1 fully saturated rings. The number of hydrogen-bond donors (Lipinski definition) is 3. The topological polar surface area (TPSA) is 64.1 Å². The predicted molar refractivity (Wildman–Crippen MR) is 80.8 cm³/mol. The zero-order chi connectivity index (χ0) is 16.3. The van der Waals surface area contributed by atoms with Crippen molar-refractivity contribution in [3.8, 4) is 0 Å². The van der Waals surface area contributed by atoms with Crippen LogP contribution in [0, 0.1) is 17.5 Å². The average Bonchev–Trinajstić information content (AvgIpc) is 2.97. The van der Waals surface area contributed by atoms with Gasteiger partial charge in [-0.3, -0.25) is 0 Å². The molecule has 1 saturated heterocycles. The molecule has 3 unspecified atom stereocenters. The molecule has 0 bridgehead atoms. The highest BCUT2D eigenvalue weighted by Gasteiger charge is 2.34. The molecule has 0 amide bonds. The molecule has 1 heterocycles. The van der Waals surface area contributed by atoms with Crippen LogP contribution in [0.1, 0.15) is 38.2 Å². The maximum absolute atomic E-state index is 13.8. The summed E-state index contributed by atoms with van der Waals surface area (Å²) in [6.45, 7) is 2.91. The summed E-state index contributed by atoms with van der Waals surface area (Å²) in [5.41, 5.74) is 12.0. The Morgan fingerprint density at radius 2 is 1.95 bits per heavy atom. The van der Waals surface area contributed by atoms with Gasteiger partial charge in [0, 0.05) is 23.7 Å². The van der Waals surface area contributed by atoms with Crippen LogP contribution in [0.5, 0.6) is 0 Å². The van der Waals surface area contributed by atoms with Crippen molar-refractivity contribution in [2.75, 3.05) is 6.54 Å². The van der Waals surface area contributed by atoms with Crippen molar-refractivity contribution < 1.29 is 13.2 Å². The van der Waals surface area contributed by atoms with Gasteiger partial charge >= 0.3 is 0 Å². The fourth-order valence-electron chi connectivity index (χ4n) is 3.11. The zero-order valence-corrected chi connectivity index (χ0v) is 12.8. The van der Waals surface area contributed by atoms with E-state index in [0.29, 0.717) is 24.9 Å². The number of halogens is 3. The molecular weight excluding hydrogens is 291 g/mol. The van der Waals surface area contributed by atoms with Gasteiger partial charge < -0.3 is 16.8 Å². The van der Waals surface area contributed by atoms with Gasteiger partial charge in [0.2, 0.25) is 0 Å². The minimum atomic E-state index is -1.19. The molecule has 1 aliphatic heterocycles. The lowest BCUT2D eigenvalue weighted by atomic mass is 9.79. The van der Waals surface area contributed by atoms with Crippen LogP contribution in [0.25, 0.3) is 0 Å². The Hall–Kier alpha value is -1.11. The van der Waals surface area contributed by atoms with E-state index < -0.39 is 29.0 Å². The monoisotopic (exact) mass is 315 g/mol. The highest BCUT2D eigenvalue weighted by atomic mass is 19.2. The Morgan fingerprint density at radius 1 is 1.27 bits per heavy atom. The summed E-state index contributed by atoms with van der Waals surface area (Å²) in [4.78, 5) is 0. The van der Waals surface area contributed by atoms with Gasteiger partial charge in [0.25, 0.3) is 0 Å². The van der Waals surface area contributed by atoms with E-state index in [1.807, 2.05) is 6.92 Å². The number of nitrogens with one attached hydrogen (secondary N) is 1. The highest BCUT2D eigenvalue weighted by molar-refractivity contribution is 5.22. The Morgan fingerprint density at radius 3 is 2.55 bits per heavy atom. The number of hydrogen-bond acceptors (Lipinski definition) is 3. The molecular formula is C16H24F3N3. The average molecular weight is 315 g/mol. The Labute approximate surface area is 129 Å². The third-order valence-electron chi connectivity index (χ3n) is 4.71. The van der Waals surface area contributed by atoms with Gasteiger partial charge in [0.15, 0.2) is 11.6 Å². The first kappa shape index (κ1) is 17.2. The minimum Gasteiger partial charge on any atom is -0.326 e. The summed E-state index contributed by atoms with van der Waals surface area (Å²) in [7, 11) is 0. The Balaban J connectivity index is 2.11. The van der Waals surface area contributed by atoms with E-state index in [1.54, 1.807) is 0 Å². The third kappa shape index (κ3) is 3.80. The molecule has 1 aromatic rings. The van der Waals surface area contributed by atoms with Crippen LogP contribution in [0.15, 0.2) is 12.1 Å². The van der Waals surface area contributed by atoms with Crippen molar-refractivity contribution in [3.05, 3.63) is 35.1 Å². The lowest BCUT2D eigenvalue weighted by Crippen LogP contribution is -2.58. The largest absolute Gasteiger partial charge is 0.326 e. The van der Waals surface area contributed by atoms with Gasteiger partial charge in [0.05, 0.1) is 0 Å². The van der Waals surface area contributed by atoms with E-state index in [4.69, 9.17) is 11.5 Å².